The van der Waals surface area contributed by atoms with Crippen molar-refractivity contribution in [3.8, 4) is 11.1 Å². The van der Waals surface area contributed by atoms with E-state index in [-0.39, 0.29) is 12.3 Å². The molecule has 2 aromatic rings. The number of nitrogens with one attached hydrogen (secondary N) is 2. The number of carbonyl (C=O) groups is 2. The Bertz CT molecular complexity index is 735. The molecule has 2 N–H and O–H groups in total. The average molecular weight is 375 g/mol. The summed E-state index contributed by atoms with van der Waals surface area (Å²) in [6.45, 7) is 1.96. The van der Waals surface area contributed by atoms with Gasteiger partial charge in [0.1, 0.15) is 6.42 Å². The molecular formula is C20H23ClN2O3. The Morgan fingerprint density at radius 2 is 1.85 bits per heavy atom. The van der Waals surface area contributed by atoms with Crippen LogP contribution in [0.15, 0.2) is 48.5 Å². The van der Waals surface area contributed by atoms with Crippen LogP contribution in [-0.2, 0) is 20.9 Å². The van der Waals surface area contributed by atoms with Gasteiger partial charge in [0.15, 0.2) is 0 Å². The normalized spacial score (nSPS) is 10.4. The summed E-state index contributed by atoms with van der Waals surface area (Å²) in [6, 6.07) is 16.1. The van der Waals surface area contributed by atoms with Gasteiger partial charge in [0.2, 0.25) is 5.91 Å². The van der Waals surface area contributed by atoms with Gasteiger partial charge in [-0.2, -0.15) is 0 Å². The van der Waals surface area contributed by atoms with Crippen molar-refractivity contribution in [1.29, 1.82) is 0 Å². The van der Waals surface area contributed by atoms with Gasteiger partial charge >= 0.3 is 5.97 Å². The molecule has 1 amide bonds. The van der Waals surface area contributed by atoms with E-state index < -0.39 is 5.97 Å². The zero-order valence-corrected chi connectivity index (χ0v) is 15.5. The Kier molecular flexibility index (Phi) is 8.12. The van der Waals surface area contributed by atoms with Gasteiger partial charge in [-0.3, -0.25) is 9.59 Å². The van der Waals surface area contributed by atoms with Gasteiger partial charge in [-0.1, -0.05) is 54.1 Å². The van der Waals surface area contributed by atoms with Crippen molar-refractivity contribution < 1.29 is 14.3 Å². The first-order valence-electron chi connectivity index (χ1n) is 8.48. The van der Waals surface area contributed by atoms with Crippen molar-refractivity contribution in [3.05, 3.63) is 59.1 Å². The molecule has 5 nitrogen and oxygen atoms in total. The maximum Gasteiger partial charge on any atom is 0.315 e. The van der Waals surface area contributed by atoms with Gasteiger partial charge < -0.3 is 15.4 Å². The first-order valence-corrected chi connectivity index (χ1v) is 8.86. The first-order chi connectivity index (χ1) is 12.6. The maximum atomic E-state index is 11.4. The molecule has 6 heteroatoms. The lowest BCUT2D eigenvalue weighted by atomic mass is 10.0. The molecular weight excluding hydrogens is 352 g/mol. The lowest BCUT2D eigenvalue weighted by molar-refractivity contribution is -0.143. The van der Waals surface area contributed by atoms with E-state index in [2.05, 4.69) is 21.4 Å². The minimum Gasteiger partial charge on any atom is -0.469 e. The predicted molar refractivity (Wildman–Crippen MR) is 103 cm³/mol. The van der Waals surface area contributed by atoms with Crippen LogP contribution >= 0.6 is 11.6 Å². The Hall–Kier alpha value is -2.37. The van der Waals surface area contributed by atoms with E-state index in [0.29, 0.717) is 13.1 Å². The molecule has 0 radical (unpaired) electrons. The van der Waals surface area contributed by atoms with Gasteiger partial charge in [0.25, 0.3) is 0 Å². The quantitative estimate of drug-likeness (QED) is 0.402. The highest BCUT2D eigenvalue weighted by Crippen LogP contribution is 2.28. The Morgan fingerprint density at radius 3 is 2.54 bits per heavy atom. The molecule has 0 aliphatic carbocycles. The minimum absolute atomic E-state index is 0.240. The second-order valence-electron chi connectivity index (χ2n) is 5.81. The fourth-order valence-electron chi connectivity index (χ4n) is 2.46. The van der Waals surface area contributed by atoms with Crippen LogP contribution < -0.4 is 10.6 Å². The second kappa shape index (κ2) is 10.6. The molecule has 0 aliphatic heterocycles. The van der Waals surface area contributed by atoms with E-state index in [1.165, 1.54) is 7.11 Å². The van der Waals surface area contributed by atoms with Crippen molar-refractivity contribution in [1.82, 2.24) is 10.6 Å². The number of esters is 1. The van der Waals surface area contributed by atoms with Crippen molar-refractivity contribution >= 4 is 23.5 Å². The number of amides is 1. The van der Waals surface area contributed by atoms with Crippen LogP contribution in [0.2, 0.25) is 5.02 Å². The van der Waals surface area contributed by atoms with E-state index in [1.54, 1.807) is 0 Å². The van der Waals surface area contributed by atoms with Gasteiger partial charge in [-0.15, -0.1) is 0 Å². The van der Waals surface area contributed by atoms with E-state index in [9.17, 15) is 9.59 Å². The Balaban J connectivity index is 1.69. The molecule has 2 aromatic carbocycles. The molecule has 0 aliphatic rings. The van der Waals surface area contributed by atoms with Gasteiger partial charge in [-0.05, 0) is 30.2 Å². The van der Waals surface area contributed by atoms with Gasteiger partial charge in [-0.25, -0.2) is 0 Å². The lowest BCUT2D eigenvalue weighted by Gasteiger charge is -2.09. The monoisotopic (exact) mass is 374 g/mol. The number of hydrogen-bond acceptors (Lipinski definition) is 4. The summed E-state index contributed by atoms with van der Waals surface area (Å²) in [5, 5.41) is 6.72. The maximum absolute atomic E-state index is 11.4. The number of hydrogen-bond donors (Lipinski definition) is 2. The van der Waals surface area contributed by atoms with Crippen molar-refractivity contribution in [2.75, 3.05) is 20.2 Å². The molecule has 0 bridgehead atoms. The summed E-state index contributed by atoms with van der Waals surface area (Å²) in [6.07, 6.45) is 0.527. The molecule has 0 atom stereocenters. The molecule has 0 fully saturated rings. The molecule has 2 rings (SSSR count). The number of carbonyl (C=O) groups excluding carboxylic acids is 2. The molecule has 0 unspecified atom stereocenters. The number of ether oxygens (including phenoxy) is 1. The van der Waals surface area contributed by atoms with Crippen molar-refractivity contribution in [3.63, 3.8) is 0 Å². The second-order valence-corrected chi connectivity index (χ2v) is 6.22. The third-order valence-electron chi connectivity index (χ3n) is 3.83. The number of halogens is 1. The zero-order valence-electron chi connectivity index (χ0n) is 14.8. The van der Waals surface area contributed by atoms with Crippen LogP contribution in [0.1, 0.15) is 18.4 Å². The SMILES string of the molecule is COC(=O)CC(=O)NCCCNCc1ccc(-c2ccccc2)c(Cl)c1. The average Bonchev–Trinajstić information content (AvgIpc) is 2.65. The van der Waals surface area contributed by atoms with Crippen molar-refractivity contribution in [2.24, 2.45) is 0 Å². The summed E-state index contributed by atoms with van der Waals surface area (Å²) in [7, 11) is 1.26. The number of rotatable bonds is 9. The van der Waals surface area contributed by atoms with Crippen LogP contribution in [0.25, 0.3) is 11.1 Å². The first kappa shape index (κ1) is 19.9. The fraction of sp³-hybridized carbons (Fsp3) is 0.300. The smallest absolute Gasteiger partial charge is 0.315 e. The highest BCUT2D eigenvalue weighted by Gasteiger charge is 2.08. The molecule has 138 valence electrons. The Morgan fingerprint density at radius 1 is 1.08 bits per heavy atom. The summed E-state index contributed by atoms with van der Waals surface area (Å²) >= 11 is 6.40. The van der Waals surface area contributed by atoms with Crippen LogP contribution in [0.5, 0.6) is 0 Å². The number of methoxy groups -OCH3 is 1. The van der Waals surface area contributed by atoms with Crippen LogP contribution in [0, 0.1) is 0 Å². The highest BCUT2D eigenvalue weighted by molar-refractivity contribution is 6.33. The van der Waals surface area contributed by atoms with Gasteiger partial charge in [0, 0.05) is 23.7 Å². The van der Waals surface area contributed by atoms with Crippen molar-refractivity contribution in [2.45, 2.75) is 19.4 Å². The van der Waals surface area contributed by atoms with Gasteiger partial charge in [0.05, 0.1) is 7.11 Å². The third kappa shape index (κ3) is 6.50. The highest BCUT2D eigenvalue weighted by atomic mass is 35.5. The van der Waals surface area contributed by atoms with E-state index in [0.717, 1.165) is 34.7 Å². The van der Waals surface area contributed by atoms with Crippen LogP contribution in [0.3, 0.4) is 0 Å². The van der Waals surface area contributed by atoms with E-state index in [1.807, 2.05) is 42.5 Å². The summed E-state index contributed by atoms with van der Waals surface area (Å²) in [5.74, 6) is -0.850. The lowest BCUT2D eigenvalue weighted by Crippen LogP contribution is -2.29. The van der Waals surface area contributed by atoms with Crippen LogP contribution in [0.4, 0.5) is 0 Å². The largest absolute Gasteiger partial charge is 0.469 e. The molecule has 26 heavy (non-hydrogen) atoms. The van der Waals surface area contributed by atoms with E-state index >= 15 is 0 Å². The molecule has 0 saturated carbocycles. The summed E-state index contributed by atoms with van der Waals surface area (Å²) in [5.41, 5.74) is 3.22. The number of benzene rings is 2. The van der Waals surface area contributed by atoms with E-state index in [4.69, 9.17) is 11.6 Å². The zero-order chi connectivity index (χ0) is 18.8. The fourth-order valence-corrected chi connectivity index (χ4v) is 2.77. The minimum atomic E-state index is -0.531. The molecule has 0 saturated heterocycles. The third-order valence-corrected chi connectivity index (χ3v) is 4.15. The predicted octanol–water partition coefficient (Wildman–Crippen LogP) is 3.17. The molecule has 0 aromatic heterocycles. The molecule has 0 spiro atoms. The Labute approximate surface area is 158 Å². The van der Waals surface area contributed by atoms with Crippen LogP contribution in [-0.4, -0.2) is 32.1 Å². The standard InChI is InChI=1S/C20H23ClN2O3/c1-26-20(25)13-19(24)23-11-5-10-22-14-15-8-9-17(18(21)12-15)16-6-3-2-4-7-16/h2-4,6-9,12,22H,5,10-11,13-14H2,1H3,(H,23,24). The molecule has 0 heterocycles. The summed E-state index contributed by atoms with van der Waals surface area (Å²) in [4.78, 5) is 22.4. The topological polar surface area (TPSA) is 67.4 Å². The summed E-state index contributed by atoms with van der Waals surface area (Å²) < 4.78 is 4.44.